The highest BCUT2D eigenvalue weighted by atomic mass is 35.5. The summed E-state index contributed by atoms with van der Waals surface area (Å²) >= 11 is 6.39. The van der Waals surface area contributed by atoms with Crippen LogP contribution in [0.4, 0.5) is 11.5 Å². The molecule has 0 aromatic heterocycles. The van der Waals surface area contributed by atoms with E-state index in [0.29, 0.717) is 16.3 Å². The van der Waals surface area contributed by atoms with Gasteiger partial charge in [0.15, 0.2) is 0 Å². The van der Waals surface area contributed by atoms with Crippen LogP contribution in [0.25, 0.3) is 22.5 Å². The van der Waals surface area contributed by atoms with Crippen LogP contribution in [0.15, 0.2) is 35.5 Å². The maximum Gasteiger partial charge on any atom is 0.246 e. The maximum absolute atomic E-state index is 6.39. The maximum atomic E-state index is 6.39. The number of nitrogens with one attached hydrogen (secondary N) is 1. The molecule has 3 N–H and O–H groups in total. The van der Waals surface area contributed by atoms with Gasteiger partial charge in [-0.2, -0.15) is 4.98 Å². The number of pyridine rings is 1. The largest absolute Gasteiger partial charge is 0.399 e. The Morgan fingerprint density at radius 1 is 1.30 bits per heavy atom. The van der Waals surface area contributed by atoms with Crippen molar-refractivity contribution in [3.05, 3.63) is 41.1 Å². The first-order chi connectivity index (χ1) is 11.2. The van der Waals surface area contributed by atoms with E-state index in [9.17, 15) is 0 Å². The highest BCUT2D eigenvalue weighted by Gasteiger charge is 2.23. The monoisotopic (exact) mass is 326 g/mol. The Labute approximate surface area is 138 Å². The van der Waals surface area contributed by atoms with Gasteiger partial charge in [-0.05, 0) is 24.3 Å². The molecule has 3 aliphatic rings. The Morgan fingerprint density at radius 2 is 2.17 bits per heavy atom. The summed E-state index contributed by atoms with van der Waals surface area (Å²) in [6.45, 7) is 1.68. The van der Waals surface area contributed by atoms with Crippen molar-refractivity contribution < 1.29 is 0 Å². The molecular weight excluding hydrogens is 312 g/mol. The lowest BCUT2D eigenvalue weighted by Gasteiger charge is -2.17. The van der Waals surface area contributed by atoms with Gasteiger partial charge in [0.05, 0.1) is 0 Å². The van der Waals surface area contributed by atoms with Gasteiger partial charge in [-0.15, -0.1) is 0 Å². The lowest BCUT2D eigenvalue weighted by Crippen LogP contribution is -2.17. The molecule has 0 radical (unpaired) electrons. The third-order valence-corrected chi connectivity index (χ3v) is 4.30. The van der Waals surface area contributed by atoms with E-state index in [1.807, 2.05) is 18.2 Å². The van der Waals surface area contributed by atoms with Gasteiger partial charge in [0, 0.05) is 53.7 Å². The number of benzene rings is 1. The molecule has 4 rings (SSSR count). The quantitative estimate of drug-likeness (QED) is 0.672. The van der Waals surface area contributed by atoms with Crippen LogP contribution < -0.4 is 16.7 Å². The molecule has 0 spiro atoms. The van der Waals surface area contributed by atoms with Crippen molar-refractivity contribution in [3.63, 3.8) is 0 Å². The predicted octanol–water partition coefficient (Wildman–Crippen LogP) is 2.24. The molecule has 116 valence electrons. The Bertz CT molecular complexity index is 946. The number of anilines is 2. The van der Waals surface area contributed by atoms with E-state index in [1.165, 1.54) is 0 Å². The summed E-state index contributed by atoms with van der Waals surface area (Å²) < 4.78 is 2.14. The summed E-state index contributed by atoms with van der Waals surface area (Å²) in [5.41, 5.74) is 9.94. The van der Waals surface area contributed by atoms with Crippen molar-refractivity contribution >= 4 is 23.1 Å². The summed E-state index contributed by atoms with van der Waals surface area (Å²) in [5.74, 6) is 1.86. The van der Waals surface area contributed by atoms with E-state index in [0.717, 1.165) is 41.4 Å². The number of halogens is 1. The molecule has 3 aliphatic heterocycles. The second-order valence-corrected chi connectivity index (χ2v) is 5.80. The molecule has 1 aromatic rings. The van der Waals surface area contributed by atoms with Gasteiger partial charge < -0.3 is 15.6 Å². The molecule has 0 saturated carbocycles. The fraction of sp³-hybridized carbons (Fsp3) is 0.188. The average molecular weight is 327 g/mol. The first kappa shape index (κ1) is 14.0. The highest BCUT2D eigenvalue weighted by molar-refractivity contribution is 6.33. The van der Waals surface area contributed by atoms with Gasteiger partial charge in [-0.25, -0.2) is 4.98 Å². The molecule has 0 amide bonds. The normalized spacial score (nSPS) is 14.1. The molecule has 7 heteroatoms. The van der Waals surface area contributed by atoms with Crippen LogP contribution in [-0.2, 0) is 6.54 Å². The summed E-state index contributed by atoms with van der Waals surface area (Å²) in [6, 6.07) is 7.55. The van der Waals surface area contributed by atoms with Crippen LogP contribution in [0.1, 0.15) is 0 Å². The van der Waals surface area contributed by atoms with Crippen molar-refractivity contribution in [1.29, 1.82) is 0 Å². The number of aromatic nitrogens is 3. The summed E-state index contributed by atoms with van der Waals surface area (Å²) in [5, 5.41) is 4.08. The molecule has 0 saturated heterocycles. The zero-order chi connectivity index (χ0) is 16.0. The molecule has 0 aliphatic carbocycles. The van der Waals surface area contributed by atoms with Gasteiger partial charge in [-0.3, -0.25) is 4.99 Å². The number of rotatable bonds is 1. The number of fused-ring (bicyclic) bond motifs is 3. The first-order valence-electron chi connectivity index (χ1n) is 7.30. The Balaban J connectivity index is 2.06. The smallest absolute Gasteiger partial charge is 0.246 e. The van der Waals surface area contributed by atoms with Crippen LogP contribution in [0.2, 0.25) is 5.02 Å². The minimum absolute atomic E-state index is 0.480. The lowest BCUT2D eigenvalue weighted by molar-refractivity contribution is 0.779. The van der Waals surface area contributed by atoms with E-state index in [1.54, 1.807) is 19.3 Å². The van der Waals surface area contributed by atoms with E-state index in [-0.39, 0.29) is 0 Å². The Hall–Kier alpha value is -2.60. The average Bonchev–Trinajstić information content (AvgIpc) is 3.06. The minimum atomic E-state index is 0.480. The molecule has 23 heavy (non-hydrogen) atoms. The Morgan fingerprint density at radius 3 is 3.00 bits per heavy atom. The number of nitrogen functional groups attached to an aromatic ring is 1. The van der Waals surface area contributed by atoms with Crippen molar-refractivity contribution in [2.75, 3.05) is 24.6 Å². The predicted molar refractivity (Wildman–Crippen MR) is 91.5 cm³/mol. The van der Waals surface area contributed by atoms with Gasteiger partial charge in [0.25, 0.3) is 0 Å². The molecule has 1 aromatic carbocycles. The standard InChI is InChI=1S/C16H15ClN6/c1-19-16-21-8-9-6-12(11-7-10(18)2-3-13(11)17)15-20-4-5-23(15)14(9)22-16/h2-3,6-8,20H,4-5,18H2,1H3. The molecule has 0 fully saturated rings. The van der Waals surface area contributed by atoms with Crippen molar-refractivity contribution in [3.8, 4) is 22.5 Å². The zero-order valence-electron chi connectivity index (χ0n) is 12.5. The number of nitrogens with zero attached hydrogens (tertiary/aromatic N) is 4. The van der Waals surface area contributed by atoms with Gasteiger partial charge in [-0.1, -0.05) is 11.6 Å². The number of nitrogens with two attached hydrogens (primary N) is 1. The van der Waals surface area contributed by atoms with Crippen LogP contribution >= 0.6 is 11.6 Å². The molecule has 0 atom stereocenters. The summed E-state index contributed by atoms with van der Waals surface area (Å²) in [4.78, 5) is 12.8. The van der Waals surface area contributed by atoms with Crippen molar-refractivity contribution in [2.24, 2.45) is 4.99 Å². The van der Waals surface area contributed by atoms with E-state index in [4.69, 9.17) is 17.3 Å². The molecule has 0 bridgehead atoms. The third-order valence-electron chi connectivity index (χ3n) is 3.97. The molecule has 0 unspecified atom stereocenters. The third kappa shape index (κ3) is 2.22. The first-order valence-corrected chi connectivity index (χ1v) is 7.68. The van der Waals surface area contributed by atoms with E-state index >= 15 is 0 Å². The van der Waals surface area contributed by atoms with Gasteiger partial charge in [0.1, 0.15) is 11.6 Å². The second-order valence-electron chi connectivity index (χ2n) is 5.40. The molecular formula is C16H15ClN6. The van der Waals surface area contributed by atoms with E-state index < -0.39 is 0 Å². The fourth-order valence-electron chi connectivity index (χ4n) is 2.92. The molecule has 3 heterocycles. The summed E-state index contributed by atoms with van der Waals surface area (Å²) in [7, 11) is 1.69. The second kappa shape index (κ2) is 5.24. The number of hydrogen-bond donors (Lipinski definition) is 2. The lowest BCUT2D eigenvalue weighted by atomic mass is 10.0. The topological polar surface area (TPSA) is 81.1 Å². The highest BCUT2D eigenvalue weighted by Crippen LogP contribution is 2.39. The SMILES string of the molecule is CN=c1ncc2cc(-c3cc(N)ccc3Cl)c3n(c-2n1)CCN3. The number of hydrogen-bond acceptors (Lipinski definition) is 5. The fourth-order valence-corrected chi connectivity index (χ4v) is 3.14. The van der Waals surface area contributed by atoms with Crippen molar-refractivity contribution in [1.82, 2.24) is 14.5 Å². The van der Waals surface area contributed by atoms with Crippen molar-refractivity contribution in [2.45, 2.75) is 6.54 Å². The zero-order valence-corrected chi connectivity index (χ0v) is 13.3. The van der Waals surface area contributed by atoms with Crippen LogP contribution in [0.3, 0.4) is 0 Å². The van der Waals surface area contributed by atoms with Gasteiger partial charge in [0.2, 0.25) is 5.62 Å². The Kier molecular flexibility index (Phi) is 3.20. The minimum Gasteiger partial charge on any atom is -0.399 e. The summed E-state index contributed by atoms with van der Waals surface area (Å²) in [6.07, 6.45) is 1.79. The van der Waals surface area contributed by atoms with Crippen LogP contribution in [-0.4, -0.2) is 28.1 Å². The van der Waals surface area contributed by atoms with E-state index in [2.05, 4.69) is 24.8 Å². The van der Waals surface area contributed by atoms with Crippen LogP contribution in [0, 0.1) is 0 Å². The van der Waals surface area contributed by atoms with Gasteiger partial charge >= 0.3 is 0 Å². The van der Waals surface area contributed by atoms with Crippen LogP contribution in [0.5, 0.6) is 0 Å². The molecule has 6 nitrogen and oxygen atoms in total.